The number of rotatable bonds is 9. The molecule has 0 fully saturated rings. The summed E-state index contributed by atoms with van der Waals surface area (Å²) in [6, 6.07) is 29.1. The molecular formula is C32H27ClN4O4. The minimum Gasteiger partial charge on any atom is -0.505 e. The lowest BCUT2D eigenvalue weighted by Crippen LogP contribution is -2.12. The fraction of sp³-hybridized carbons (Fsp3) is 0.0938. The number of carbonyl (C=O) groups excluding carboxylic acids is 1. The second-order valence-corrected chi connectivity index (χ2v) is 9.65. The molecule has 1 amide bonds. The molecule has 0 aliphatic carbocycles. The van der Waals surface area contributed by atoms with Gasteiger partial charge in [-0.15, -0.1) is 10.2 Å². The quantitative estimate of drug-likeness (QED) is 0.122. The number of phenolic OH excluding ortho intramolecular Hbond substituents is 1. The summed E-state index contributed by atoms with van der Waals surface area (Å²) in [4.78, 5) is 18.9. The Morgan fingerprint density at radius 2 is 1.71 bits per heavy atom. The fourth-order valence-corrected chi connectivity index (χ4v) is 4.42. The average Bonchev–Trinajstić information content (AvgIpc) is 2.98. The molecule has 0 atom stereocenters. The second-order valence-electron chi connectivity index (χ2n) is 9.24. The van der Waals surface area contributed by atoms with E-state index in [0.29, 0.717) is 27.5 Å². The first-order chi connectivity index (χ1) is 19.9. The van der Waals surface area contributed by atoms with Crippen LogP contribution in [0.1, 0.15) is 21.5 Å². The molecule has 5 rings (SSSR count). The van der Waals surface area contributed by atoms with Crippen LogP contribution in [0.3, 0.4) is 0 Å². The third-order valence-electron chi connectivity index (χ3n) is 6.31. The Bertz CT molecular complexity index is 1740. The number of fused-ring (bicyclic) bond motifs is 1. The van der Waals surface area contributed by atoms with E-state index in [1.165, 1.54) is 7.11 Å². The molecule has 206 valence electrons. The first-order valence-corrected chi connectivity index (χ1v) is 13.1. The third kappa shape index (κ3) is 6.46. The number of aryl methyl sites for hydroxylation is 1. The van der Waals surface area contributed by atoms with Crippen LogP contribution in [0.5, 0.6) is 11.5 Å². The number of amides is 1. The zero-order valence-corrected chi connectivity index (χ0v) is 23.1. The molecule has 0 radical (unpaired) electrons. The van der Waals surface area contributed by atoms with Crippen molar-refractivity contribution in [2.45, 2.75) is 13.5 Å². The minimum absolute atomic E-state index is 0.0399. The number of halogens is 1. The number of benzene rings is 5. The Morgan fingerprint density at radius 3 is 2.49 bits per heavy atom. The van der Waals surface area contributed by atoms with E-state index in [-0.39, 0.29) is 23.6 Å². The van der Waals surface area contributed by atoms with E-state index >= 15 is 0 Å². The zero-order valence-electron chi connectivity index (χ0n) is 22.4. The Kier molecular flexibility index (Phi) is 8.43. The molecule has 0 saturated heterocycles. The summed E-state index contributed by atoms with van der Waals surface area (Å²) < 4.78 is 5.49. The van der Waals surface area contributed by atoms with Crippen molar-refractivity contribution in [1.82, 2.24) is 0 Å². The summed E-state index contributed by atoms with van der Waals surface area (Å²) in [6.45, 7) is 2.20. The van der Waals surface area contributed by atoms with Crippen LogP contribution in [0.2, 0.25) is 5.02 Å². The van der Waals surface area contributed by atoms with Crippen molar-refractivity contribution < 1.29 is 19.5 Å². The number of para-hydroxylation sites is 2. The lowest BCUT2D eigenvalue weighted by atomic mass is 10.0. The highest BCUT2D eigenvalue weighted by Gasteiger charge is 2.20. The number of aromatic hydroxyl groups is 1. The highest BCUT2D eigenvalue weighted by Crippen LogP contribution is 2.41. The molecular weight excluding hydrogens is 540 g/mol. The number of anilines is 2. The summed E-state index contributed by atoms with van der Waals surface area (Å²) in [6.07, 6.45) is 0. The number of hydrogen-bond donors (Lipinski definition) is 3. The van der Waals surface area contributed by atoms with Gasteiger partial charge in [-0.05, 0) is 60.3 Å². The fourth-order valence-electron chi connectivity index (χ4n) is 4.24. The summed E-state index contributed by atoms with van der Waals surface area (Å²) >= 11 is 6.23. The van der Waals surface area contributed by atoms with Gasteiger partial charge in [0.2, 0.25) is 0 Å². The Balaban J connectivity index is 1.47. The number of methoxy groups -OCH3 is 1. The maximum absolute atomic E-state index is 13.2. The predicted molar refractivity (Wildman–Crippen MR) is 162 cm³/mol. The van der Waals surface area contributed by atoms with Crippen LogP contribution in [0.25, 0.3) is 10.8 Å². The molecule has 0 aromatic heterocycles. The first-order valence-electron chi connectivity index (χ1n) is 12.8. The summed E-state index contributed by atoms with van der Waals surface area (Å²) in [5.74, 6) is -0.348. The van der Waals surface area contributed by atoms with Gasteiger partial charge in [-0.2, -0.15) is 0 Å². The van der Waals surface area contributed by atoms with Crippen LogP contribution < -0.4 is 15.5 Å². The molecule has 0 saturated carbocycles. The normalized spacial score (nSPS) is 11.1. The second kappa shape index (κ2) is 12.5. The largest absolute Gasteiger partial charge is 0.505 e. The van der Waals surface area contributed by atoms with E-state index in [1.807, 2.05) is 61.5 Å². The van der Waals surface area contributed by atoms with Gasteiger partial charge in [0.1, 0.15) is 17.1 Å². The Labute approximate surface area is 242 Å². The van der Waals surface area contributed by atoms with Gasteiger partial charge in [0.25, 0.3) is 5.91 Å². The van der Waals surface area contributed by atoms with Crippen molar-refractivity contribution >= 4 is 51.0 Å². The molecule has 5 aromatic carbocycles. The standard InChI is InChI=1S/C32H27ClN4O4/c1-20-12-14-24-22(16-20)18-25(32(39)34-27-11-7-6-10-26(27)33)31(38)30(24)36-35-28-17-21(13-15-29(28)40-2)19-41-37-23-8-4-3-5-9-23/h3-18,37-38H,19H2,1-2H3,(H,34,39). The van der Waals surface area contributed by atoms with Gasteiger partial charge >= 0.3 is 0 Å². The molecule has 0 aliphatic heterocycles. The van der Waals surface area contributed by atoms with Gasteiger partial charge in [-0.1, -0.05) is 71.8 Å². The third-order valence-corrected chi connectivity index (χ3v) is 6.64. The van der Waals surface area contributed by atoms with E-state index in [4.69, 9.17) is 21.2 Å². The van der Waals surface area contributed by atoms with Crippen LogP contribution in [0, 0.1) is 6.92 Å². The molecule has 0 bridgehead atoms. The van der Waals surface area contributed by atoms with E-state index in [1.54, 1.807) is 42.5 Å². The van der Waals surface area contributed by atoms with Crippen molar-refractivity contribution in [3.63, 3.8) is 0 Å². The maximum atomic E-state index is 13.2. The minimum atomic E-state index is -0.530. The number of azo groups is 1. The predicted octanol–water partition coefficient (Wildman–Crippen LogP) is 8.73. The number of hydrogen-bond acceptors (Lipinski definition) is 7. The topological polar surface area (TPSA) is 105 Å². The number of nitrogens with zero attached hydrogens (tertiary/aromatic N) is 2. The van der Waals surface area contributed by atoms with Crippen LogP contribution >= 0.6 is 11.6 Å². The Hall–Kier alpha value is -4.92. The maximum Gasteiger partial charge on any atom is 0.259 e. The monoisotopic (exact) mass is 566 g/mol. The van der Waals surface area contributed by atoms with Crippen molar-refractivity contribution in [3.8, 4) is 11.5 Å². The van der Waals surface area contributed by atoms with Gasteiger partial charge < -0.3 is 15.2 Å². The Morgan fingerprint density at radius 1 is 0.927 bits per heavy atom. The molecule has 41 heavy (non-hydrogen) atoms. The molecule has 0 heterocycles. The zero-order chi connectivity index (χ0) is 28.8. The van der Waals surface area contributed by atoms with Crippen molar-refractivity contribution in [2.24, 2.45) is 10.2 Å². The van der Waals surface area contributed by atoms with Crippen molar-refractivity contribution in [1.29, 1.82) is 0 Å². The van der Waals surface area contributed by atoms with Crippen LogP contribution in [-0.4, -0.2) is 18.1 Å². The lowest BCUT2D eigenvalue weighted by molar-refractivity contribution is 0.102. The number of ether oxygens (including phenoxy) is 1. The van der Waals surface area contributed by atoms with E-state index in [0.717, 1.165) is 22.2 Å². The molecule has 5 aromatic rings. The first kappa shape index (κ1) is 27.6. The molecule has 3 N–H and O–H groups in total. The SMILES string of the molecule is COc1ccc(CONc2ccccc2)cc1N=Nc1c(O)c(C(=O)Nc2ccccc2Cl)cc2cc(C)ccc12. The number of carbonyl (C=O) groups is 1. The molecule has 9 heteroatoms. The van der Waals surface area contributed by atoms with Crippen LogP contribution in [0.15, 0.2) is 107 Å². The van der Waals surface area contributed by atoms with Gasteiger partial charge in [0, 0.05) is 5.39 Å². The van der Waals surface area contributed by atoms with Crippen LogP contribution in [-0.2, 0) is 11.4 Å². The highest BCUT2D eigenvalue weighted by molar-refractivity contribution is 6.34. The summed E-state index contributed by atoms with van der Waals surface area (Å²) in [5.41, 5.74) is 6.59. The number of phenols is 1. The molecule has 0 spiro atoms. The van der Waals surface area contributed by atoms with Crippen molar-refractivity contribution in [3.05, 3.63) is 119 Å². The summed E-state index contributed by atoms with van der Waals surface area (Å²) in [7, 11) is 1.54. The van der Waals surface area contributed by atoms with Gasteiger partial charge in [-0.3, -0.25) is 15.1 Å². The molecule has 0 unspecified atom stereocenters. The van der Waals surface area contributed by atoms with Crippen molar-refractivity contribution in [2.75, 3.05) is 17.9 Å². The van der Waals surface area contributed by atoms with E-state index in [9.17, 15) is 9.90 Å². The highest BCUT2D eigenvalue weighted by atomic mass is 35.5. The van der Waals surface area contributed by atoms with Gasteiger partial charge in [-0.25, -0.2) is 0 Å². The van der Waals surface area contributed by atoms with E-state index < -0.39 is 5.91 Å². The number of nitrogens with one attached hydrogen (secondary N) is 2. The molecule has 8 nitrogen and oxygen atoms in total. The average molecular weight is 567 g/mol. The van der Waals surface area contributed by atoms with Gasteiger partial charge in [0.15, 0.2) is 5.75 Å². The summed E-state index contributed by atoms with van der Waals surface area (Å²) in [5, 5.41) is 24.6. The smallest absolute Gasteiger partial charge is 0.259 e. The lowest BCUT2D eigenvalue weighted by Gasteiger charge is -2.13. The molecule has 0 aliphatic rings. The van der Waals surface area contributed by atoms with Gasteiger partial charge in [0.05, 0.1) is 35.7 Å². The van der Waals surface area contributed by atoms with Crippen LogP contribution in [0.4, 0.5) is 22.7 Å². The van der Waals surface area contributed by atoms with E-state index in [2.05, 4.69) is 21.0 Å².